The van der Waals surface area contributed by atoms with Gasteiger partial charge in [0.25, 0.3) is 0 Å². The molecule has 2 N–H and O–H groups in total. The van der Waals surface area contributed by atoms with Crippen LogP contribution in [-0.4, -0.2) is 17.6 Å². The van der Waals surface area contributed by atoms with Crippen molar-refractivity contribution in [1.82, 2.24) is 5.32 Å². The molecule has 1 aromatic rings. The van der Waals surface area contributed by atoms with Gasteiger partial charge in [0.15, 0.2) is 0 Å². The summed E-state index contributed by atoms with van der Waals surface area (Å²) >= 11 is 5.32. The molecule has 1 atom stereocenters. The molecule has 0 bridgehead atoms. The number of hydrogen-bond acceptors (Lipinski definition) is 2. The van der Waals surface area contributed by atoms with Gasteiger partial charge in [-0.05, 0) is 31.5 Å². The highest BCUT2D eigenvalue weighted by atomic mass is 32.1. The lowest BCUT2D eigenvalue weighted by molar-refractivity contribution is 0.769. The van der Waals surface area contributed by atoms with Gasteiger partial charge in [-0.3, -0.25) is 0 Å². The van der Waals surface area contributed by atoms with Gasteiger partial charge in [-0.1, -0.05) is 30.4 Å². The van der Waals surface area contributed by atoms with Gasteiger partial charge in [-0.15, -0.1) is 0 Å². The Kier molecular flexibility index (Phi) is 3.11. The normalized spacial score (nSPS) is 20.7. The standard InChI is InChI=1S/C11H14N2S/c14-11(10-7-4-8-12-10)13-9-5-2-1-3-6-9/h1-3,5-6,10,12H,4,7-8H2,(H,13,14)/t10-/m0/s1. The van der Waals surface area contributed by atoms with Crippen molar-refractivity contribution in [3.05, 3.63) is 30.3 Å². The summed E-state index contributed by atoms with van der Waals surface area (Å²) in [5, 5.41) is 6.63. The van der Waals surface area contributed by atoms with Gasteiger partial charge in [-0.25, -0.2) is 0 Å². The summed E-state index contributed by atoms with van der Waals surface area (Å²) in [5.41, 5.74) is 1.08. The Morgan fingerprint density at radius 3 is 2.79 bits per heavy atom. The predicted molar refractivity (Wildman–Crippen MR) is 63.7 cm³/mol. The maximum atomic E-state index is 5.32. The number of thiocarbonyl (C=S) groups is 1. The summed E-state index contributed by atoms with van der Waals surface area (Å²) in [6.07, 6.45) is 2.37. The minimum Gasteiger partial charge on any atom is -0.349 e. The van der Waals surface area contributed by atoms with Crippen molar-refractivity contribution in [3.63, 3.8) is 0 Å². The van der Waals surface area contributed by atoms with Crippen LogP contribution in [0, 0.1) is 0 Å². The van der Waals surface area contributed by atoms with Gasteiger partial charge in [0.05, 0.1) is 11.0 Å². The number of nitrogens with one attached hydrogen (secondary N) is 2. The maximum Gasteiger partial charge on any atom is 0.0969 e. The molecule has 0 unspecified atom stereocenters. The molecule has 1 heterocycles. The Morgan fingerprint density at radius 2 is 2.14 bits per heavy atom. The molecule has 1 aliphatic heterocycles. The van der Waals surface area contributed by atoms with E-state index in [4.69, 9.17) is 12.2 Å². The molecule has 74 valence electrons. The van der Waals surface area contributed by atoms with Crippen LogP contribution in [0.5, 0.6) is 0 Å². The molecule has 1 fully saturated rings. The van der Waals surface area contributed by atoms with Gasteiger partial charge >= 0.3 is 0 Å². The van der Waals surface area contributed by atoms with Crippen molar-refractivity contribution < 1.29 is 0 Å². The van der Waals surface area contributed by atoms with Crippen LogP contribution in [0.2, 0.25) is 0 Å². The highest BCUT2D eigenvalue weighted by Gasteiger charge is 2.18. The zero-order valence-corrected chi connectivity index (χ0v) is 8.81. The number of para-hydroxylation sites is 1. The maximum absolute atomic E-state index is 5.32. The summed E-state index contributed by atoms with van der Waals surface area (Å²) in [4.78, 5) is 0.911. The monoisotopic (exact) mass is 206 g/mol. The highest BCUT2D eigenvalue weighted by molar-refractivity contribution is 7.80. The fraction of sp³-hybridized carbons (Fsp3) is 0.364. The summed E-state index contributed by atoms with van der Waals surface area (Å²) in [6.45, 7) is 1.08. The van der Waals surface area contributed by atoms with Crippen molar-refractivity contribution in [2.45, 2.75) is 18.9 Å². The van der Waals surface area contributed by atoms with Gasteiger partial charge in [0.2, 0.25) is 0 Å². The molecular weight excluding hydrogens is 192 g/mol. The Labute approximate surface area is 89.7 Å². The lowest BCUT2D eigenvalue weighted by Crippen LogP contribution is -2.34. The Morgan fingerprint density at radius 1 is 1.36 bits per heavy atom. The average Bonchev–Trinajstić information content (AvgIpc) is 2.72. The molecule has 0 aliphatic carbocycles. The summed E-state index contributed by atoms with van der Waals surface area (Å²) < 4.78 is 0. The van der Waals surface area contributed by atoms with Crippen LogP contribution in [-0.2, 0) is 0 Å². The Balaban J connectivity index is 1.94. The zero-order chi connectivity index (χ0) is 9.80. The minimum absolute atomic E-state index is 0.366. The topological polar surface area (TPSA) is 24.1 Å². The van der Waals surface area contributed by atoms with Crippen LogP contribution in [0.3, 0.4) is 0 Å². The second-order valence-electron chi connectivity index (χ2n) is 3.50. The molecule has 0 saturated carbocycles. The zero-order valence-electron chi connectivity index (χ0n) is 7.99. The van der Waals surface area contributed by atoms with Crippen molar-refractivity contribution in [1.29, 1.82) is 0 Å². The second kappa shape index (κ2) is 4.53. The summed E-state index contributed by atoms with van der Waals surface area (Å²) in [7, 11) is 0. The number of anilines is 1. The molecule has 0 amide bonds. The van der Waals surface area contributed by atoms with E-state index in [-0.39, 0.29) is 0 Å². The number of rotatable bonds is 2. The predicted octanol–water partition coefficient (Wildman–Crippen LogP) is 2.18. The SMILES string of the molecule is S=C(Nc1ccccc1)[C@@H]1CCCN1. The van der Waals surface area contributed by atoms with Crippen LogP contribution >= 0.6 is 12.2 Å². The van der Waals surface area contributed by atoms with Gasteiger partial charge in [0, 0.05) is 5.69 Å². The quantitative estimate of drug-likeness (QED) is 0.725. The van der Waals surface area contributed by atoms with Crippen molar-refractivity contribution >= 4 is 22.9 Å². The summed E-state index contributed by atoms with van der Waals surface area (Å²) in [5.74, 6) is 0. The van der Waals surface area contributed by atoms with E-state index in [1.54, 1.807) is 0 Å². The van der Waals surface area contributed by atoms with Crippen LogP contribution < -0.4 is 10.6 Å². The third-order valence-electron chi connectivity index (χ3n) is 2.42. The van der Waals surface area contributed by atoms with Crippen molar-refractivity contribution in [3.8, 4) is 0 Å². The molecule has 0 radical (unpaired) electrons. The van der Waals surface area contributed by atoms with E-state index in [1.807, 2.05) is 30.3 Å². The first-order valence-corrected chi connectivity index (χ1v) is 5.36. The third-order valence-corrected chi connectivity index (χ3v) is 2.80. The van der Waals surface area contributed by atoms with E-state index in [0.29, 0.717) is 6.04 Å². The first kappa shape index (κ1) is 9.62. The molecule has 1 aromatic carbocycles. The van der Waals surface area contributed by atoms with E-state index in [0.717, 1.165) is 23.6 Å². The van der Waals surface area contributed by atoms with E-state index in [2.05, 4.69) is 10.6 Å². The molecule has 0 spiro atoms. The molecule has 1 saturated heterocycles. The second-order valence-corrected chi connectivity index (χ2v) is 3.94. The molecule has 0 aromatic heterocycles. The fourth-order valence-corrected chi connectivity index (χ4v) is 1.98. The van der Waals surface area contributed by atoms with Crippen molar-refractivity contribution in [2.24, 2.45) is 0 Å². The molecular formula is C11H14N2S. The Bertz CT molecular complexity index is 304. The van der Waals surface area contributed by atoms with Crippen LogP contribution in [0.15, 0.2) is 30.3 Å². The molecule has 2 nitrogen and oxygen atoms in total. The van der Waals surface area contributed by atoms with Gasteiger partial charge < -0.3 is 10.6 Å². The van der Waals surface area contributed by atoms with E-state index in [1.165, 1.54) is 6.42 Å². The molecule has 2 rings (SSSR count). The van der Waals surface area contributed by atoms with Crippen LogP contribution in [0.4, 0.5) is 5.69 Å². The van der Waals surface area contributed by atoms with E-state index >= 15 is 0 Å². The number of hydrogen-bond donors (Lipinski definition) is 2. The van der Waals surface area contributed by atoms with Crippen molar-refractivity contribution in [2.75, 3.05) is 11.9 Å². The van der Waals surface area contributed by atoms with Crippen LogP contribution in [0.25, 0.3) is 0 Å². The van der Waals surface area contributed by atoms with E-state index in [9.17, 15) is 0 Å². The van der Waals surface area contributed by atoms with Crippen LogP contribution in [0.1, 0.15) is 12.8 Å². The minimum atomic E-state index is 0.366. The first-order chi connectivity index (χ1) is 6.86. The van der Waals surface area contributed by atoms with E-state index < -0.39 is 0 Å². The molecule has 1 aliphatic rings. The molecule has 3 heteroatoms. The first-order valence-electron chi connectivity index (χ1n) is 4.95. The number of benzene rings is 1. The Hall–Kier alpha value is -0.930. The van der Waals surface area contributed by atoms with Gasteiger partial charge in [-0.2, -0.15) is 0 Å². The highest BCUT2D eigenvalue weighted by Crippen LogP contribution is 2.11. The average molecular weight is 206 g/mol. The lowest BCUT2D eigenvalue weighted by atomic mass is 10.2. The molecule has 14 heavy (non-hydrogen) atoms. The fourth-order valence-electron chi connectivity index (χ4n) is 1.66. The largest absolute Gasteiger partial charge is 0.349 e. The summed E-state index contributed by atoms with van der Waals surface area (Å²) in [6, 6.07) is 10.4. The van der Waals surface area contributed by atoms with Gasteiger partial charge in [0.1, 0.15) is 0 Å². The third kappa shape index (κ3) is 2.30. The lowest BCUT2D eigenvalue weighted by Gasteiger charge is -2.13. The smallest absolute Gasteiger partial charge is 0.0969 e.